The first-order valence-electron chi connectivity index (χ1n) is 30.7. The normalized spacial score (nSPS) is 24.0. The number of amides is 2. The number of carbonyl (C=O) groups excluding carboxylic acids is 5. The number of anilines is 1. The highest BCUT2D eigenvalue weighted by Gasteiger charge is 2.51. The van der Waals surface area contributed by atoms with Crippen LogP contribution in [0.25, 0.3) is 6.08 Å². The van der Waals surface area contributed by atoms with E-state index in [-0.39, 0.29) is 111 Å². The molecule has 2 aliphatic carbocycles. The third-order valence-electron chi connectivity index (χ3n) is 17.6. The van der Waals surface area contributed by atoms with E-state index in [2.05, 4.69) is 113 Å². The van der Waals surface area contributed by atoms with Gasteiger partial charge in [-0.15, -0.1) is 23.5 Å². The molecule has 0 saturated heterocycles. The maximum atomic E-state index is 15.5. The van der Waals surface area contributed by atoms with Crippen molar-refractivity contribution in [1.29, 1.82) is 0 Å². The maximum Gasteiger partial charge on any atom is 0.342 e. The molecule has 1 aliphatic heterocycles. The molecule has 84 heavy (non-hydrogen) atoms. The zero-order chi connectivity index (χ0) is 63.9. The van der Waals surface area contributed by atoms with Crippen molar-refractivity contribution < 1.29 is 58.0 Å². The summed E-state index contributed by atoms with van der Waals surface area (Å²) in [5.74, 6) is -4.12. The van der Waals surface area contributed by atoms with Crippen LogP contribution in [-0.4, -0.2) is 104 Å². The van der Waals surface area contributed by atoms with E-state index in [1.165, 1.54) is 11.8 Å². The minimum absolute atomic E-state index is 0.00773. The monoisotopic (exact) mass is 1210 g/mol. The van der Waals surface area contributed by atoms with Gasteiger partial charge in [0.2, 0.25) is 11.8 Å². The summed E-state index contributed by atoms with van der Waals surface area (Å²) in [5, 5.41) is 23.1. The number of thioether (sulfide) groups is 2. The lowest BCUT2D eigenvalue weighted by Gasteiger charge is -2.50. The van der Waals surface area contributed by atoms with Crippen LogP contribution in [0, 0.1) is 68.5 Å². The van der Waals surface area contributed by atoms with Crippen LogP contribution in [0.15, 0.2) is 21.8 Å². The van der Waals surface area contributed by atoms with E-state index in [4.69, 9.17) is 19.2 Å². The molecule has 5 N–H and O–H groups in total. The van der Waals surface area contributed by atoms with Crippen LogP contribution in [0.2, 0.25) is 0 Å². The van der Waals surface area contributed by atoms with Crippen molar-refractivity contribution in [3.8, 4) is 0 Å². The highest BCUT2D eigenvalue weighted by atomic mass is 32.2. The van der Waals surface area contributed by atoms with Crippen molar-refractivity contribution in [2.45, 2.75) is 232 Å². The predicted molar refractivity (Wildman–Crippen MR) is 339 cm³/mol. The number of carboxylic acid groups (broad SMARTS) is 2. The number of nitrogens with one attached hydrogen (secondary N) is 3. The van der Waals surface area contributed by atoms with Crippen LogP contribution in [0.3, 0.4) is 0 Å². The molecule has 474 valence electrons. The smallest absolute Gasteiger partial charge is 0.342 e. The number of hydrogen-bond acceptors (Lipinski definition) is 13. The van der Waals surface area contributed by atoms with Gasteiger partial charge in [0.05, 0.1) is 22.8 Å². The Morgan fingerprint density at radius 1 is 0.690 bits per heavy atom. The zero-order valence-corrected chi connectivity index (χ0v) is 56.7. The molecule has 0 radical (unpaired) electrons. The minimum Gasteiger partial charge on any atom is -0.481 e. The topological polar surface area (TPSA) is 240 Å². The standard InChI is InChI=1S/C66H106N4O12S2/c1-23-66(21,22)61(79)80-26-28-83-39(8)57(74)70-56-52(60(78)82-54-42(64(15,16)17)31-38(7)32-43(54)65(18,19)20)50(36(4)5)45(68-56)33-44-49(35(2)3)51(55(67-44)69-47(71)25-24-27-84-46(58(75)76)34-48(72)73)59(77)81-53-40(62(9,10)11)29-37(6)30-41(53)63(12,13)14/h33,35-43,46,53-54,67H,23-32,34H2,1-22H3,(H,69,71)(H,72,73)(H,75,76)(H,68,70,74). The van der Waals surface area contributed by atoms with Gasteiger partial charge in [-0.3, -0.25) is 24.0 Å². The van der Waals surface area contributed by atoms with Gasteiger partial charge in [-0.25, -0.2) is 14.6 Å². The summed E-state index contributed by atoms with van der Waals surface area (Å²) in [7, 11) is 0. The number of nitrogens with zero attached hydrogens (tertiary/aromatic N) is 1. The first-order valence-corrected chi connectivity index (χ1v) is 32.8. The highest BCUT2D eigenvalue weighted by molar-refractivity contribution is 8.00. The molecule has 2 amide bonds. The van der Waals surface area contributed by atoms with E-state index in [0.717, 1.165) is 37.4 Å². The Balaban J connectivity index is 1.96. The van der Waals surface area contributed by atoms with Crippen LogP contribution in [0.5, 0.6) is 0 Å². The zero-order valence-electron chi connectivity index (χ0n) is 55.0. The van der Waals surface area contributed by atoms with Crippen molar-refractivity contribution in [3.63, 3.8) is 0 Å². The molecule has 16 nitrogen and oxygen atoms in total. The molecule has 1 aromatic rings. The summed E-state index contributed by atoms with van der Waals surface area (Å²) < 4.78 is 19.3. The Hall–Kier alpha value is -4.58. The van der Waals surface area contributed by atoms with E-state index in [1.807, 2.05) is 48.5 Å². The molecule has 4 rings (SSSR count). The number of aromatic nitrogens is 1. The second-order valence-electron chi connectivity index (χ2n) is 29.9. The summed E-state index contributed by atoms with van der Waals surface area (Å²) in [6.45, 7) is 45.9. The quantitative estimate of drug-likeness (QED) is 0.0389. The number of aliphatic carboxylic acids is 2. The summed E-state index contributed by atoms with van der Waals surface area (Å²) >= 11 is 2.26. The first-order chi connectivity index (χ1) is 38.5. The molecule has 3 aliphatic rings. The molecular formula is C66H106N4O12S2. The van der Waals surface area contributed by atoms with Crippen molar-refractivity contribution >= 4 is 82.9 Å². The number of allylic oxidation sites excluding steroid dienone is 1. The molecule has 18 heteroatoms. The van der Waals surface area contributed by atoms with E-state index >= 15 is 9.59 Å². The highest BCUT2D eigenvalue weighted by Crippen LogP contribution is 2.52. The third kappa shape index (κ3) is 19.0. The largest absolute Gasteiger partial charge is 0.481 e. The van der Waals surface area contributed by atoms with E-state index in [9.17, 15) is 34.2 Å². The fraction of sp³-hybridized carbons (Fsp3) is 0.758. The summed E-state index contributed by atoms with van der Waals surface area (Å²) in [5.41, 5.74) is 0.543. The van der Waals surface area contributed by atoms with E-state index in [0.29, 0.717) is 46.5 Å². The molecule has 6 atom stereocenters. The number of hydrogen-bond donors (Lipinski definition) is 5. The average molecular weight is 1210 g/mol. The van der Waals surface area contributed by atoms with Crippen LogP contribution < -0.4 is 10.6 Å². The Kier molecular flexibility index (Phi) is 24.8. The molecule has 2 fully saturated rings. The van der Waals surface area contributed by atoms with Crippen LogP contribution >= 0.6 is 23.5 Å². The fourth-order valence-corrected chi connectivity index (χ4v) is 14.0. The number of ether oxygens (including phenoxy) is 3. The van der Waals surface area contributed by atoms with Gasteiger partial charge in [-0.1, -0.05) is 132 Å². The van der Waals surface area contributed by atoms with Crippen molar-refractivity contribution in [1.82, 2.24) is 10.3 Å². The molecule has 6 unspecified atom stereocenters. The molecule has 2 heterocycles. The number of H-pyrrole nitrogens is 1. The second-order valence-corrected chi connectivity index (χ2v) is 32.7. The number of amidine groups is 1. The average Bonchev–Trinajstić information content (AvgIpc) is 1.77. The summed E-state index contributed by atoms with van der Waals surface area (Å²) in [6.07, 6.45) is 4.46. The Morgan fingerprint density at radius 3 is 1.61 bits per heavy atom. The van der Waals surface area contributed by atoms with Crippen LogP contribution in [0.4, 0.5) is 5.82 Å². The Labute approximate surface area is 511 Å². The Bertz CT molecular complexity index is 2590. The van der Waals surface area contributed by atoms with Crippen molar-refractivity contribution in [2.24, 2.45) is 73.5 Å². The van der Waals surface area contributed by atoms with Crippen LogP contribution in [0.1, 0.15) is 231 Å². The summed E-state index contributed by atoms with van der Waals surface area (Å²) in [4.78, 5) is 104. The van der Waals surface area contributed by atoms with Gasteiger partial charge in [-0.05, 0) is 128 Å². The number of carboxylic acids is 2. The molecule has 0 spiro atoms. The fourth-order valence-electron chi connectivity index (χ4n) is 12.3. The molecule has 2 saturated carbocycles. The lowest BCUT2D eigenvalue weighted by molar-refractivity contribution is -0.164. The minimum atomic E-state index is -1.25. The number of aliphatic imine (C=N–C) groups is 1. The van der Waals surface area contributed by atoms with Crippen molar-refractivity contribution in [3.05, 3.63) is 33.7 Å². The SMILES string of the molecule is CCC(C)(C)C(=O)OCCSC(C)C(=O)NC1=NC(=Cc2[nH]c(NC(=O)CCCSC(CC(=O)O)C(=O)O)c(C(=O)OC3C(C(C)(C)C)CC(C)CC3C(C)(C)C)c2C(C)C)C(C(C)C)=C1C(=O)OC1C(C(C)(C)C)CC(C)CC1C(C)(C)C. The summed E-state index contributed by atoms with van der Waals surface area (Å²) in [6, 6.07) is 0. The van der Waals surface area contributed by atoms with Gasteiger partial charge in [0.1, 0.15) is 46.9 Å². The molecule has 1 aromatic heterocycles. The number of rotatable bonds is 23. The van der Waals surface area contributed by atoms with Gasteiger partial charge in [-0.2, -0.15) is 0 Å². The second kappa shape index (κ2) is 29.0. The number of carbonyl (C=O) groups is 7. The number of esters is 3. The van der Waals surface area contributed by atoms with Gasteiger partial charge >= 0.3 is 29.8 Å². The first kappa shape index (κ1) is 71.9. The lowest BCUT2D eigenvalue weighted by Crippen LogP contribution is -2.50. The Morgan fingerprint density at radius 2 is 1.18 bits per heavy atom. The lowest BCUT2D eigenvalue weighted by atomic mass is 9.59. The molecule has 0 bridgehead atoms. The van der Waals surface area contributed by atoms with Crippen LogP contribution in [-0.2, 0) is 43.0 Å². The number of aromatic amines is 1. The van der Waals surface area contributed by atoms with Gasteiger partial charge < -0.3 is 40.0 Å². The maximum absolute atomic E-state index is 15.5. The molecular weight excluding hydrogens is 1100 g/mol. The predicted octanol–water partition coefficient (Wildman–Crippen LogP) is 14.4. The van der Waals surface area contributed by atoms with Crippen molar-refractivity contribution in [2.75, 3.05) is 23.4 Å². The van der Waals surface area contributed by atoms with E-state index < -0.39 is 70.2 Å². The van der Waals surface area contributed by atoms with Gasteiger partial charge in [0, 0.05) is 41.5 Å². The van der Waals surface area contributed by atoms with E-state index in [1.54, 1.807) is 13.0 Å². The van der Waals surface area contributed by atoms with Gasteiger partial charge in [0.25, 0.3) is 0 Å². The molecule has 0 aromatic carbocycles. The third-order valence-corrected chi connectivity index (χ3v) is 20.0. The van der Waals surface area contributed by atoms with Gasteiger partial charge in [0.15, 0.2) is 0 Å².